The first kappa shape index (κ1) is 16.6. The van der Waals surface area contributed by atoms with Crippen molar-refractivity contribution in [3.05, 3.63) is 64.7 Å². The van der Waals surface area contributed by atoms with Gasteiger partial charge in [0.1, 0.15) is 0 Å². The third-order valence-corrected chi connectivity index (χ3v) is 5.08. The predicted octanol–water partition coefficient (Wildman–Crippen LogP) is 4.23. The molecule has 4 heteroatoms. The summed E-state index contributed by atoms with van der Waals surface area (Å²) in [5, 5.41) is 0.768. The molecule has 1 aliphatic heterocycles. The molecule has 2 nitrogen and oxygen atoms in total. The highest BCUT2D eigenvalue weighted by Gasteiger charge is 2.51. The van der Waals surface area contributed by atoms with E-state index >= 15 is 0 Å². The molecule has 0 aromatic heterocycles. The predicted molar refractivity (Wildman–Crippen MR) is 96.4 cm³/mol. The highest BCUT2D eigenvalue weighted by Crippen LogP contribution is 2.36. The lowest BCUT2D eigenvalue weighted by atomic mass is 9.78. The largest absolute Gasteiger partial charge is 0.494 e. The molecule has 0 N–H and O–H groups in total. The van der Waals surface area contributed by atoms with Gasteiger partial charge in [-0.15, -0.1) is 0 Å². The third-order valence-electron chi connectivity index (χ3n) is 4.83. The van der Waals surface area contributed by atoms with Crippen LogP contribution in [0.4, 0.5) is 0 Å². The Labute approximate surface area is 143 Å². The molecule has 2 aromatic carbocycles. The van der Waals surface area contributed by atoms with E-state index < -0.39 is 0 Å². The molecule has 1 saturated heterocycles. The summed E-state index contributed by atoms with van der Waals surface area (Å²) >= 11 is 5.93. The van der Waals surface area contributed by atoms with Crippen molar-refractivity contribution < 1.29 is 9.31 Å². The Morgan fingerprint density at radius 2 is 1.22 bits per heavy atom. The molecule has 3 rings (SSSR count). The van der Waals surface area contributed by atoms with Crippen LogP contribution >= 0.6 is 11.6 Å². The summed E-state index contributed by atoms with van der Waals surface area (Å²) in [6, 6.07) is 16.4. The second kappa shape index (κ2) is 5.97. The lowest BCUT2D eigenvalue weighted by Gasteiger charge is -2.32. The van der Waals surface area contributed by atoms with Gasteiger partial charge in [-0.25, -0.2) is 0 Å². The fourth-order valence-electron chi connectivity index (χ4n) is 2.61. The zero-order valence-corrected chi connectivity index (χ0v) is 14.9. The number of hydrogen-bond acceptors (Lipinski definition) is 2. The van der Waals surface area contributed by atoms with Gasteiger partial charge in [0, 0.05) is 5.02 Å². The average Bonchev–Trinajstić information content (AvgIpc) is 2.71. The van der Waals surface area contributed by atoms with Crippen LogP contribution in [0.1, 0.15) is 38.8 Å². The van der Waals surface area contributed by atoms with Gasteiger partial charge in [-0.1, -0.05) is 48.0 Å². The van der Waals surface area contributed by atoms with Gasteiger partial charge in [0.25, 0.3) is 0 Å². The molecule has 0 amide bonds. The fraction of sp³-hybridized carbons (Fsp3) is 0.368. The standard InChI is InChI=1S/C19H22BClO2/c1-18(2)19(3,4)23-20(22-18)16-9-5-14(6-10-16)13-15-7-11-17(21)12-8-15/h5-12H,13H2,1-4H3. The molecular formula is C19H22BClO2. The molecule has 0 radical (unpaired) electrons. The van der Waals surface area contributed by atoms with E-state index in [9.17, 15) is 0 Å². The molecule has 0 saturated carbocycles. The molecule has 2 aromatic rings. The zero-order chi connectivity index (χ0) is 16.7. The van der Waals surface area contributed by atoms with Gasteiger partial charge in [-0.2, -0.15) is 0 Å². The maximum absolute atomic E-state index is 6.08. The van der Waals surface area contributed by atoms with Crippen LogP contribution in [0.3, 0.4) is 0 Å². The van der Waals surface area contributed by atoms with Crippen LogP contribution in [-0.2, 0) is 15.7 Å². The van der Waals surface area contributed by atoms with Crippen LogP contribution in [-0.4, -0.2) is 18.3 Å². The average molecular weight is 329 g/mol. The molecule has 0 spiro atoms. The fourth-order valence-corrected chi connectivity index (χ4v) is 2.74. The second-order valence-corrected chi connectivity index (χ2v) is 7.57. The van der Waals surface area contributed by atoms with Crippen molar-refractivity contribution >= 4 is 24.2 Å². The Morgan fingerprint density at radius 1 is 0.783 bits per heavy atom. The van der Waals surface area contributed by atoms with Gasteiger partial charge in [0.05, 0.1) is 11.2 Å². The Hall–Kier alpha value is -1.29. The molecule has 23 heavy (non-hydrogen) atoms. The summed E-state index contributed by atoms with van der Waals surface area (Å²) in [4.78, 5) is 0. The molecule has 1 fully saturated rings. The van der Waals surface area contributed by atoms with Crippen molar-refractivity contribution in [3.8, 4) is 0 Å². The Kier molecular flexibility index (Phi) is 4.30. The minimum absolute atomic E-state index is 0.301. The number of hydrogen-bond donors (Lipinski definition) is 0. The number of rotatable bonds is 3. The van der Waals surface area contributed by atoms with Crippen molar-refractivity contribution in [3.63, 3.8) is 0 Å². The Balaban J connectivity index is 1.72. The van der Waals surface area contributed by atoms with E-state index in [0.717, 1.165) is 16.9 Å². The van der Waals surface area contributed by atoms with Gasteiger partial charge in [-0.05, 0) is 62.8 Å². The van der Waals surface area contributed by atoms with Gasteiger partial charge in [0.15, 0.2) is 0 Å². The van der Waals surface area contributed by atoms with Crippen molar-refractivity contribution in [2.75, 3.05) is 0 Å². The summed E-state index contributed by atoms with van der Waals surface area (Å²) in [5.41, 5.74) is 2.95. The molecule has 0 bridgehead atoms. The van der Waals surface area contributed by atoms with E-state index in [4.69, 9.17) is 20.9 Å². The van der Waals surface area contributed by atoms with Crippen LogP contribution in [0.15, 0.2) is 48.5 Å². The molecule has 0 atom stereocenters. The SMILES string of the molecule is CC1(C)OB(c2ccc(Cc3ccc(Cl)cc3)cc2)OC1(C)C. The lowest BCUT2D eigenvalue weighted by Crippen LogP contribution is -2.41. The maximum atomic E-state index is 6.08. The van der Waals surface area contributed by atoms with Gasteiger partial charge < -0.3 is 9.31 Å². The molecule has 120 valence electrons. The molecule has 0 aliphatic carbocycles. The van der Waals surface area contributed by atoms with Crippen LogP contribution in [0, 0.1) is 0 Å². The third kappa shape index (κ3) is 3.47. The molecular weight excluding hydrogens is 306 g/mol. The molecule has 0 unspecified atom stereocenters. The normalized spacial score (nSPS) is 19.1. The molecule has 1 heterocycles. The van der Waals surface area contributed by atoms with Crippen LogP contribution < -0.4 is 5.46 Å². The highest BCUT2D eigenvalue weighted by molar-refractivity contribution is 6.62. The van der Waals surface area contributed by atoms with Crippen LogP contribution in [0.25, 0.3) is 0 Å². The summed E-state index contributed by atoms with van der Waals surface area (Å²) < 4.78 is 12.2. The quantitative estimate of drug-likeness (QED) is 0.785. The Morgan fingerprint density at radius 3 is 1.70 bits per heavy atom. The minimum atomic E-state index is -0.306. The van der Waals surface area contributed by atoms with E-state index in [1.54, 1.807) is 0 Å². The van der Waals surface area contributed by atoms with E-state index in [2.05, 4.69) is 64.1 Å². The summed E-state index contributed by atoms with van der Waals surface area (Å²) in [7, 11) is -0.301. The zero-order valence-electron chi connectivity index (χ0n) is 14.1. The molecule has 1 aliphatic rings. The van der Waals surface area contributed by atoms with Crippen molar-refractivity contribution in [1.29, 1.82) is 0 Å². The first-order valence-electron chi connectivity index (χ1n) is 7.96. The van der Waals surface area contributed by atoms with E-state index in [1.807, 2.05) is 12.1 Å². The van der Waals surface area contributed by atoms with Crippen molar-refractivity contribution in [1.82, 2.24) is 0 Å². The first-order chi connectivity index (χ1) is 10.8. The smallest absolute Gasteiger partial charge is 0.399 e. The van der Waals surface area contributed by atoms with Crippen molar-refractivity contribution in [2.24, 2.45) is 0 Å². The lowest BCUT2D eigenvalue weighted by molar-refractivity contribution is 0.00578. The number of halogens is 1. The maximum Gasteiger partial charge on any atom is 0.494 e. The summed E-state index contributed by atoms with van der Waals surface area (Å²) in [6.45, 7) is 8.29. The van der Waals surface area contributed by atoms with E-state index in [0.29, 0.717) is 0 Å². The monoisotopic (exact) mass is 328 g/mol. The van der Waals surface area contributed by atoms with Gasteiger partial charge in [0.2, 0.25) is 0 Å². The van der Waals surface area contributed by atoms with E-state index in [-0.39, 0.29) is 18.3 Å². The summed E-state index contributed by atoms with van der Waals surface area (Å²) in [6.07, 6.45) is 0.890. The first-order valence-corrected chi connectivity index (χ1v) is 8.34. The van der Waals surface area contributed by atoms with Crippen LogP contribution in [0.5, 0.6) is 0 Å². The van der Waals surface area contributed by atoms with Crippen LogP contribution in [0.2, 0.25) is 5.02 Å². The van der Waals surface area contributed by atoms with Crippen molar-refractivity contribution in [2.45, 2.75) is 45.3 Å². The minimum Gasteiger partial charge on any atom is -0.399 e. The topological polar surface area (TPSA) is 18.5 Å². The Bertz CT molecular complexity index is 662. The number of benzene rings is 2. The summed E-state index contributed by atoms with van der Waals surface area (Å²) in [5.74, 6) is 0. The second-order valence-electron chi connectivity index (χ2n) is 7.13. The highest BCUT2D eigenvalue weighted by atomic mass is 35.5. The van der Waals surface area contributed by atoms with Gasteiger partial charge >= 0.3 is 7.12 Å². The van der Waals surface area contributed by atoms with Gasteiger partial charge in [-0.3, -0.25) is 0 Å². The van der Waals surface area contributed by atoms with E-state index in [1.165, 1.54) is 11.1 Å².